The summed E-state index contributed by atoms with van der Waals surface area (Å²) < 4.78 is 0. The molecule has 0 aromatic heterocycles. The van der Waals surface area contributed by atoms with Crippen molar-refractivity contribution in [2.45, 2.75) is 64.8 Å². The average Bonchev–Trinajstić information content (AvgIpc) is 3.34. The normalized spacial score (nSPS) is 19.2. The highest BCUT2D eigenvalue weighted by atomic mass is 16.2. The number of rotatable bonds is 11. The monoisotopic (exact) mass is 529 g/mol. The van der Waals surface area contributed by atoms with E-state index in [0.29, 0.717) is 41.4 Å². The number of fused-ring (bicyclic) bond motifs is 2. The van der Waals surface area contributed by atoms with Crippen molar-refractivity contribution < 1.29 is 19.2 Å². The highest BCUT2D eigenvalue weighted by Gasteiger charge is 2.37. The minimum absolute atomic E-state index is 0.187. The number of hydrogen-bond donors (Lipinski definition) is 0. The third-order valence-corrected chi connectivity index (χ3v) is 8.65. The van der Waals surface area contributed by atoms with Crippen LogP contribution in [0.1, 0.15) is 100 Å². The fourth-order valence-electron chi connectivity index (χ4n) is 6.31. The number of nitrogens with zero attached hydrogens (tertiary/aromatic N) is 3. The van der Waals surface area contributed by atoms with Gasteiger partial charge in [-0.1, -0.05) is 57.4 Å². The van der Waals surface area contributed by atoms with Gasteiger partial charge in [0.2, 0.25) is 0 Å². The zero-order valence-electron chi connectivity index (χ0n) is 23.1. The lowest BCUT2D eigenvalue weighted by Crippen LogP contribution is -2.41. The van der Waals surface area contributed by atoms with Crippen molar-refractivity contribution in [1.82, 2.24) is 14.7 Å². The number of benzene rings is 2. The van der Waals surface area contributed by atoms with Crippen LogP contribution in [0.2, 0.25) is 0 Å². The molecule has 0 bridgehead atoms. The molecule has 2 heterocycles. The molecule has 2 aromatic carbocycles. The van der Waals surface area contributed by atoms with Gasteiger partial charge in [-0.2, -0.15) is 0 Å². The Morgan fingerprint density at radius 1 is 0.641 bits per heavy atom. The fourth-order valence-corrected chi connectivity index (χ4v) is 6.31. The SMILES string of the molecule is CC(CCN(CCC(C)CN1C(=O)c2ccccc2C1=O)C1CCCCC1)CN1C(=O)c2ccccc2C1=O. The molecule has 1 saturated carbocycles. The maximum absolute atomic E-state index is 12.8. The van der Waals surface area contributed by atoms with Crippen molar-refractivity contribution in [2.24, 2.45) is 11.8 Å². The van der Waals surface area contributed by atoms with E-state index in [9.17, 15) is 19.2 Å². The predicted molar refractivity (Wildman–Crippen MR) is 150 cm³/mol. The van der Waals surface area contributed by atoms with Crippen LogP contribution in [-0.2, 0) is 0 Å². The first kappa shape index (κ1) is 27.3. The molecule has 0 radical (unpaired) electrons. The standard InChI is InChI=1S/C32H39N3O4/c1-22(20-34-29(36)25-12-6-7-13-26(25)30(34)37)16-18-33(24-10-4-3-5-11-24)19-17-23(2)21-35-31(38)27-14-8-9-15-28(27)32(35)39/h6-9,12-15,22-24H,3-5,10-11,16-21H2,1-2H3. The molecule has 2 atom stereocenters. The van der Waals surface area contributed by atoms with E-state index in [2.05, 4.69) is 18.7 Å². The number of carbonyl (C=O) groups is 4. The largest absolute Gasteiger partial charge is 0.300 e. The van der Waals surface area contributed by atoms with E-state index < -0.39 is 0 Å². The van der Waals surface area contributed by atoms with E-state index in [-0.39, 0.29) is 35.5 Å². The Kier molecular flexibility index (Phi) is 8.26. The van der Waals surface area contributed by atoms with E-state index >= 15 is 0 Å². The summed E-state index contributed by atoms with van der Waals surface area (Å²) >= 11 is 0. The van der Waals surface area contributed by atoms with E-state index in [1.165, 1.54) is 41.9 Å². The zero-order chi connectivity index (χ0) is 27.5. The second-order valence-corrected chi connectivity index (χ2v) is 11.6. The van der Waals surface area contributed by atoms with Crippen LogP contribution >= 0.6 is 0 Å². The van der Waals surface area contributed by atoms with Crippen LogP contribution in [0.25, 0.3) is 0 Å². The predicted octanol–water partition coefficient (Wildman–Crippen LogP) is 5.27. The van der Waals surface area contributed by atoms with Gasteiger partial charge in [0.05, 0.1) is 22.3 Å². The van der Waals surface area contributed by atoms with Gasteiger partial charge in [-0.05, 0) is 74.9 Å². The summed E-state index contributed by atoms with van der Waals surface area (Å²) in [6.45, 7) is 6.92. The van der Waals surface area contributed by atoms with E-state index in [0.717, 1.165) is 25.9 Å². The summed E-state index contributed by atoms with van der Waals surface area (Å²) in [7, 11) is 0. The van der Waals surface area contributed by atoms with Crippen molar-refractivity contribution >= 4 is 23.6 Å². The molecule has 7 heteroatoms. The Hall–Kier alpha value is -3.32. The van der Waals surface area contributed by atoms with Gasteiger partial charge in [0.15, 0.2) is 0 Å². The molecule has 4 amide bonds. The summed E-state index contributed by atoms with van der Waals surface area (Å²) in [6, 6.07) is 14.7. The fraction of sp³-hybridized carbons (Fsp3) is 0.500. The van der Waals surface area contributed by atoms with E-state index in [4.69, 9.17) is 0 Å². The lowest BCUT2D eigenvalue weighted by Gasteiger charge is -2.36. The molecule has 0 N–H and O–H groups in total. The van der Waals surface area contributed by atoms with Crippen LogP contribution < -0.4 is 0 Å². The first-order valence-corrected chi connectivity index (χ1v) is 14.5. The number of carbonyl (C=O) groups excluding carboxylic acids is 4. The molecule has 7 nitrogen and oxygen atoms in total. The Morgan fingerprint density at radius 3 is 1.36 bits per heavy atom. The molecule has 2 unspecified atom stereocenters. The van der Waals surface area contributed by atoms with Crippen LogP contribution in [0.15, 0.2) is 48.5 Å². The molecule has 1 aliphatic carbocycles. The Balaban J connectivity index is 1.15. The topological polar surface area (TPSA) is 78.0 Å². The minimum Gasteiger partial charge on any atom is -0.300 e. The van der Waals surface area contributed by atoms with Gasteiger partial charge < -0.3 is 4.90 Å². The molecular weight excluding hydrogens is 490 g/mol. The molecule has 3 aliphatic rings. The van der Waals surface area contributed by atoms with Crippen LogP contribution in [0.3, 0.4) is 0 Å². The Bertz CT molecular complexity index is 1090. The maximum Gasteiger partial charge on any atom is 0.261 e. The third kappa shape index (κ3) is 5.69. The van der Waals surface area contributed by atoms with Gasteiger partial charge in [0.1, 0.15) is 0 Å². The van der Waals surface area contributed by atoms with E-state index in [1.54, 1.807) is 48.5 Å². The number of hydrogen-bond acceptors (Lipinski definition) is 5. The molecule has 1 fully saturated rings. The molecule has 2 aliphatic heterocycles. The summed E-state index contributed by atoms with van der Waals surface area (Å²) in [6.07, 6.45) is 7.97. The van der Waals surface area contributed by atoms with Gasteiger partial charge in [-0.25, -0.2) is 0 Å². The summed E-state index contributed by atoms with van der Waals surface area (Å²) in [5, 5.41) is 0. The van der Waals surface area contributed by atoms with Crippen LogP contribution in [0, 0.1) is 11.8 Å². The summed E-state index contributed by atoms with van der Waals surface area (Å²) in [5.41, 5.74) is 2.02. The second kappa shape index (κ2) is 11.8. The molecule has 206 valence electrons. The Morgan fingerprint density at radius 2 is 1.00 bits per heavy atom. The van der Waals surface area contributed by atoms with E-state index in [1.807, 2.05) is 0 Å². The molecule has 2 aromatic rings. The molecule has 0 saturated heterocycles. The molecule has 39 heavy (non-hydrogen) atoms. The number of amides is 4. The van der Waals surface area contributed by atoms with Gasteiger partial charge in [0, 0.05) is 19.1 Å². The van der Waals surface area contributed by atoms with Crippen molar-refractivity contribution in [3.63, 3.8) is 0 Å². The highest BCUT2D eigenvalue weighted by molar-refractivity contribution is 6.22. The van der Waals surface area contributed by atoms with Gasteiger partial charge >= 0.3 is 0 Å². The van der Waals surface area contributed by atoms with Crippen LogP contribution in [0.4, 0.5) is 0 Å². The Labute approximate surface area is 231 Å². The van der Waals surface area contributed by atoms with Crippen molar-refractivity contribution in [1.29, 1.82) is 0 Å². The summed E-state index contributed by atoms with van der Waals surface area (Å²) in [5.74, 6) is -0.368. The van der Waals surface area contributed by atoms with Crippen molar-refractivity contribution in [2.75, 3.05) is 26.2 Å². The average molecular weight is 530 g/mol. The zero-order valence-corrected chi connectivity index (χ0v) is 23.1. The smallest absolute Gasteiger partial charge is 0.261 e. The first-order valence-electron chi connectivity index (χ1n) is 14.5. The number of imide groups is 2. The van der Waals surface area contributed by atoms with Crippen LogP contribution in [-0.4, -0.2) is 70.5 Å². The lowest BCUT2D eigenvalue weighted by atomic mass is 9.93. The van der Waals surface area contributed by atoms with Crippen molar-refractivity contribution in [3.8, 4) is 0 Å². The first-order chi connectivity index (χ1) is 18.8. The molecule has 0 spiro atoms. The molecular formula is C32H39N3O4. The lowest BCUT2D eigenvalue weighted by molar-refractivity contribution is 0.0617. The quantitative estimate of drug-likeness (QED) is 0.371. The highest BCUT2D eigenvalue weighted by Crippen LogP contribution is 2.28. The molecule has 5 rings (SSSR count). The van der Waals surface area contributed by atoms with Gasteiger partial charge in [-0.3, -0.25) is 29.0 Å². The maximum atomic E-state index is 12.8. The minimum atomic E-state index is -0.187. The van der Waals surface area contributed by atoms with Crippen molar-refractivity contribution in [3.05, 3.63) is 70.8 Å². The second-order valence-electron chi connectivity index (χ2n) is 11.6. The third-order valence-electron chi connectivity index (χ3n) is 8.65. The summed E-state index contributed by atoms with van der Waals surface area (Å²) in [4.78, 5) is 56.6. The van der Waals surface area contributed by atoms with Crippen LogP contribution in [0.5, 0.6) is 0 Å². The van der Waals surface area contributed by atoms with Gasteiger partial charge in [0.25, 0.3) is 23.6 Å². The van der Waals surface area contributed by atoms with Gasteiger partial charge in [-0.15, -0.1) is 0 Å².